The van der Waals surface area contributed by atoms with Crippen molar-refractivity contribution in [2.24, 2.45) is 0 Å². The maximum Gasteiger partial charge on any atom is 0.420 e. The molecule has 1 amide bonds. The van der Waals surface area contributed by atoms with E-state index in [-0.39, 0.29) is 0 Å². The van der Waals surface area contributed by atoms with Crippen molar-refractivity contribution < 1.29 is 9.53 Å². The van der Waals surface area contributed by atoms with Crippen LogP contribution in [0.4, 0.5) is 16.3 Å². The van der Waals surface area contributed by atoms with Crippen LogP contribution in [0.15, 0.2) is 42.6 Å². The minimum Gasteiger partial charge on any atom is -0.443 e. The van der Waals surface area contributed by atoms with Crippen LogP contribution in [0.5, 0.6) is 0 Å². The summed E-state index contributed by atoms with van der Waals surface area (Å²) in [5.74, 6) is 0.570. The van der Waals surface area contributed by atoms with E-state index in [0.717, 1.165) is 23.2 Å². The van der Waals surface area contributed by atoms with Crippen LogP contribution in [-0.2, 0) is 11.2 Å². The number of para-hydroxylation sites is 1. The van der Waals surface area contributed by atoms with Gasteiger partial charge in [0.05, 0.1) is 5.69 Å². The molecule has 2 aromatic rings. The number of rotatable bonds is 3. The molecule has 122 valence electrons. The second-order valence-electron chi connectivity index (χ2n) is 6.49. The molecule has 0 aliphatic rings. The predicted molar refractivity (Wildman–Crippen MR) is 93.2 cm³/mol. The number of amides is 1. The van der Waals surface area contributed by atoms with E-state index in [1.54, 1.807) is 11.1 Å². The van der Waals surface area contributed by atoms with Crippen LogP contribution >= 0.6 is 0 Å². The van der Waals surface area contributed by atoms with E-state index in [4.69, 9.17) is 4.74 Å². The summed E-state index contributed by atoms with van der Waals surface area (Å²) in [6, 6.07) is 11.6. The maximum absolute atomic E-state index is 12.8. The molecule has 0 unspecified atom stereocenters. The maximum atomic E-state index is 12.8. The highest BCUT2D eigenvalue weighted by Crippen LogP contribution is 2.30. The van der Waals surface area contributed by atoms with Crippen molar-refractivity contribution in [3.8, 4) is 0 Å². The first kappa shape index (κ1) is 17.0. The van der Waals surface area contributed by atoms with E-state index in [1.165, 1.54) is 0 Å². The van der Waals surface area contributed by atoms with Crippen molar-refractivity contribution in [3.05, 3.63) is 53.7 Å². The lowest BCUT2D eigenvalue weighted by Crippen LogP contribution is -2.34. The lowest BCUT2D eigenvalue weighted by Gasteiger charge is -2.28. The van der Waals surface area contributed by atoms with Gasteiger partial charge in [-0.1, -0.05) is 25.1 Å². The summed E-state index contributed by atoms with van der Waals surface area (Å²) in [5.41, 5.74) is 2.35. The van der Waals surface area contributed by atoms with Crippen molar-refractivity contribution in [3.63, 3.8) is 0 Å². The lowest BCUT2D eigenvalue weighted by atomic mass is 10.1. The Kier molecular flexibility index (Phi) is 5.04. The van der Waals surface area contributed by atoms with Gasteiger partial charge in [0, 0.05) is 6.20 Å². The molecule has 0 bridgehead atoms. The number of aryl methyl sites for hydroxylation is 2. The third-order valence-electron chi connectivity index (χ3n) is 3.32. The summed E-state index contributed by atoms with van der Waals surface area (Å²) in [7, 11) is 0. The highest BCUT2D eigenvalue weighted by Gasteiger charge is 2.27. The van der Waals surface area contributed by atoms with Crippen LogP contribution in [-0.4, -0.2) is 16.7 Å². The molecule has 4 heteroatoms. The molecule has 4 nitrogen and oxygen atoms in total. The Hall–Kier alpha value is -2.36. The summed E-state index contributed by atoms with van der Waals surface area (Å²) in [5, 5.41) is 0. The van der Waals surface area contributed by atoms with E-state index < -0.39 is 11.7 Å². The number of ether oxygens (including phenoxy) is 1. The molecule has 23 heavy (non-hydrogen) atoms. The van der Waals surface area contributed by atoms with E-state index in [0.29, 0.717) is 5.82 Å². The number of benzene rings is 1. The molecule has 0 saturated heterocycles. The van der Waals surface area contributed by atoms with Crippen LogP contribution in [0.1, 0.15) is 38.8 Å². The lowest BCUT2D eigenvalue weighted by molar-refractivity contribution is 0.0598. The van der Waals surface area contributed by atoms with E-state index in [1.807, 2.05) is 64.1 Å². The van der Waals surface area contributed by atoms with Crippen LogP contribution in [0, 0.1) is 6.92 Å². The normalized spacial score (nSPS) is 11.2. The number of carbonyl (C=O) groups is 1. The van der Waals surface area contributed by atoms with E-state index in [2.05, 4.69) is 11.9 Å². The first-order valence-electron chi connectivity index (χ1n) is 7.85. The van der Waals surface area contributed by atoms with Gasteiger partial charge in [0.1, 0.15) is 11.4 Å². The topological polar surface area (TPSA) is 42.4 Å². The second kappa shape index (κ2) is 6.82. The number of hydrogen-bond acceptors (Lipinski definition) is 3. The Morgan fingerprint density at radius 1 is 1.22 bits per heavy atom. The third-order valence-corrected chi connectivity index (χ3v) is 3.32. The average molecular weight is 312 g/mol. The van der Waals surface area contributed by atoms with Gasteiger partial charge < -0.3 is 4.74 Å². The highest BCUT2D eigenvalue weighted by atomic mass is 16.6. The molecule has 0 aliphatic carbocycles. The zero-order valence-electron chi connectivity index (χ0n) is 14.5. The van der Waals surface area contributed by atoms with Gasteiger partial charge in [-0.15, -0.1) is 0 Å². The molecule has 2 rings (SSSR count). The molecule has 0 aliphatic heterocycles. The Bertz CT molecular complexity index is 690. The minimum atomic E-state index is -0.569. The van der Waals surface area contributed by atoms with Crippen molar-refractivity contribution in [2.45, 2.75) is 46.6 Å². The molecular weight excluding hydrogens is 288 g/mol. The van der Waals surface area contributed by atoms with Crippen molar-refractivity contribution >= 4 is 17.6 Å². The minimum absolute atomic E-state index is 0.420. The SMILES string of the molecule is CCc1ccccc1N(C(=O)OC(C)(C)C)c1cc(C)ccn1. The quantitative estimate of drug-likeness (QED) is 0.798. The molecule has 1 aromatic heterocycles. The molecule has 0 N–H and O–H groups in total. The molecule has 0 radical (unpaired) electrons. The summed E-state index contributed by atoms with van der Waals surface area (Å²) in [6.45, 7) is 9.62. The van der Waals surface area contributed by atoms with Gasteiger partial charge in [0.2, 0.25) is 0 Å². The summed E-state index contributed by atoms with van der Waals surface area (Å²) in [6.07, 6.45) is 2.11. The molecule has 0 fully saturated rings. The third kappa shape index (κ3) is 4.31. The van der Waals surface area contributed by atoms with Gasteiger partial charge >= 0.3 is 6.09 Å². The largest absolute Gasteiger partial charge is 0.443 e. The summed E-state index contributed by atoms with van der Waals surface area (Å²) in [4.78, 5) is 18.7. The van der Waals surface area contributed by atoms with Gasteiger partial charge in [-0.2, -0.15) is 0 Å². The molecule has 0 atom stereocenters. The molecule has 0 saturated carbocycles. The van der Waals surface area contributed by atoms with Crippen molar-refractivity contribution in [1.29, 1.82) is 0 Å². The molecule has 1 aromatic carbocycles. The second-order valence-corrected chi connectivity index (χ2v) is 6.49. The zero-order valence-corrected chi connectivity index (χ0v) is 14.5. The average Bonchev–Trinajstić information content (AvgIpc) is 2.46. The van der Waals surface area contributed by atoms with Crippen molar-refractivity contribution in [1.82, 2.24) is 4.98 Å². The smallest absolute Gasteiger partial charge is 0.420 e. The zero-order chi connectivity index (χ0) is 17.0. The monoisotopic (exact) mass is 312 g/mol. The number of aromatic nitrogens is 1. The molecule has 1 heterocycles. The van der Waals surface area contributed by atoms with E-state index >= 15 is 0 Å². The van der Waals surface area contributed by atoms with Gasteiger partial charge in [-0.3, -0.25) is 0 Å². The van der Waals surface area contributed by atoms with Crippen molar-refractivity contribution in [2.75, 3.05) is 4.90 Å². The number of hydrogen-bond donors (Lipinski definition) is 0. The first-order valence-corrected chi connectivity index (χ1v) is 7.85. The Morgan fingerprint density at radius 2 is 1.91 bits per heavy atom. The fourth-order valence-corrected chi connectivity index (χ4v) is 2.29. The van der Waals surface area contributed by atoms with Crippen LogP contribution in [0.3, 0.4) is 0 Å². The first-order chi connectivity index (χ1) is 10.8. The van der Waals surface area contributed by atoms with Gasteiger partial charge in [-0.25, -0.2) is 14.7 Å². The Morgan fingerprint density at radius 3 is 2.52 bits per heavy atom. The molecule has 0 spiro atoms. The van der Waals surface area contributed by atoms with Gasteiger partial charge in [0.25, 0.3) is 0 Å². The van der Waals surface area contributed by atoms with E-state index in [9.17, 15) is 4.79 Å². The predicted octanol–water partition coefficient (Wildman–Crippen LogP) is 5.03. The van der Waals surface area contributed by atoms with Crippen LogP contribution < -0.4 is 4.90 Å². The standard InChI is InChI=1S/C19H24N2O2/c1-6-15-9-7-8-10-16(15)21(18(22)23-19(3,4)5)17-13-14(2)11-12-20-17/h7-13H,6H2,1-5H3. The van der Waals surface area contributed by atoms with Gasteiger partial charge in [-0.05, 0) is 63.4 Å². The van der Waals surface area contributed by atoms with Crippen LogP contribution in [0.25, 0.3) is 0 Å². The highest BCUT2D eigenvalue weighted by molar-refractivity contribution is 5.96. The number of nitrogens with zero attached hydrogens (tertiary/aromatic N) is 2. The fraction of sp³-hybridized carbons (Fsp3) is 0.368. The Labute approximate surface area is 138 Å². The fourth-order valence-electron chi connectivity index (χ4n) is 2.29. The summed E-state index contributed by atoms with van der Waals surface area (Å²) < 4.78 is 5.60. The number of pyridine rings is 1. The van der Waals surface area contributed by atoms with Gasteiger partial charge in [0.15, 0.2) is 0 Å². The number of anilines is 2. The molecular formula is C19H24N2O2. The summed E-state index contributed by atoms with van der Waals surface area (Å²) >= 11 is 0. The Balaban J connectivity index is 2.53. The number of carbonyl (C=O) groups excluding carboxylic acids is 1. The van der Waals surface area contributed by atoms with Crippen LogP contribution in [0.2, 0.25) is 0 Å².